The second-order valence-corrected chi connectivity index (χ2v) is 19.4. The molecule has 0 aliphatic carbocycles. The molecule has 0 aromatic heterocycles. The first-order valence-corrected chi connectivity index (χ1v) is 22.8. The highest BCUT2D eigenvalue weighted by molar-refractivity contribution is 6.30. The minimum Gasteiger partial charge on any atom is -0.458 e. The number of hydrogen-bond donors (Lipinski definition) is 1. The van der Waals surface area contributed by atoms with Gasteiger partial charge >= 0.3 is 24.2 Å². The van der Waals surface area contributed by atoms with Gasteiger partial charge in [0, 0.05) is 48.5 Å². The Hall–Kier alpha value is -3.54. The van der Waals surface area contributed by atoms with Crippen molar-refractivity contribution in [3.05, 3.63) is 34.9 Å². The zero-order valence-electron chi connectivity index (χ0n) is 39.2. The summed E-state index contributed by atoms with van der Waals surface area (Å²) >= 11 is 6.15. The van der Waals surface area contributed by atoms with E-state index in [4.69, 9.17) is 44.8 Å². The first kappa shape index (κ1) is 50.5. The lowest BCUT2D eigenvalue weighted by molar-refractivity contribution is -0.302. The average molecular weight is 909 g/mol. The van der Waals surface area contributed by atoms with E-state index in [0.29, 0.717) is 17.9 Å². The van der Waals surface area contributed by atoms with Crippen LogP contribution in [0.15, 0.2) is 24.3 Å². The Labute approximate surface area is 377 Å². The van der Waals surface area contributed by atoms with Gasteiger partial charge in [0.05, 0.1) is 35.8 Å². The van der Waals surface area contributed by atoms with Crippen molar-refractivity contribution in [2.75, 3.05) is 27.3 Å². The number of fused-ring (bicyclic) bond motifs is 1. The molecular weight excluding hydrogens is 838 g/mol. The van der Waals surface area contributed by atoms with Crippen molar-refractivity contribution in [2.24, 2.45) is 23.7 Å². The molecule has 1 aromatic carbocycles. The molecule has 4 aliphatic rings. The largest absolute Gasteiger partial charge is 0.458 e. The molecule has 0 radical (unpaired) electrons. The number of carbonyl (C=O) groups is 5. The van der Waals surface area contributed by atoms with Crippen molar-refractivity contribution >= 4 is 41.6 Å². The normalized spacial score (nSPS) is 38.3. The number of nitrogens with zero attached hydrogens (tertiary/aromatic N) is 3. The van der Waals surface area contributed by atoms with Crippen LogP contribution < -0.4 is 0 Å². The Bertz CT molecular complexity index is 1800. The van der Waals surface area contributed by atoms with Crippen LogP contribution in [0.3, 0.4) is 0 Å². The number of Topliss-reactive ketones (excluding diaryl/α,β-unsaturated/α-hetero) is 1. The molecule has 4 saturated heterocycles. The van der Waals surface area contributed by atoms with E-state index in [1.807, 2.05) is 40.0 Å². The minimum atomic E-state index is -1.49. The number of methoxy groups -OCH3 is 1. The van der Waals surface area contributed by atoms with Crippen LogP contribution in [-0.2, 0) is 49.2 Å². The molecule has 0 bridgehead atoms. The molecule has 0 spiro atoms. The smallest absolute Gasteiger partial charge is 0.419 e. The second-order valence-electron chi connectivity index (χ2n) is 18.9. The molecule has 16 nitrogen and oxygen atoms in total. The van der Waals surface area contributed by atoms with Crippen molar-refractivity contribution in [1.82, 2.24) is 14.7 Å². The lowest BCUT2D eigenvalue weighted by Gasteiger charge is -2.49. The van der Waals surface area contributed by atoms with Crippen LogP contribution in [0.25, 0.3) is 0 Å². The van der Waals surface area contributed by atoms with Gasteiger partial charge in [0.25, 0.3) is 0 Å². The van der Waals surface area contributed by atoms with Gasteiger partial charge in [-0.05, 0) is 98.9 Å². The quantitative estimate of drug-likeness (QED) is 0.195. The number of amides is 3. The number of esters is 1. The maximum absolute atomic E-state index is 15.0. The molecule has 17 heteroatoms. The predicted octanol–water partition coefficient (Wildman–Crippen LogP) is 6.64. The number of imide groups is 1. The fourth-order valence-corrected chi connectivity index (χ4v) is 10.3. The average Bonchev–Trinajstić information content (AvgIpc) is 3.71. The third-order valence-electron chi connectivity index (χ3n) is 14.1. The SMILES string of the molecule is CC[C@@H]1OC(=O)[C@H](C)[C@H](OC(=O)N2C(=O)OC[C@@H]2C)[C@H](C)[C@@H](O[C@@H]2O[C@H](C)C[C@H](N(C)C(C)C)[C@H]2O)[C@@](C)(OC)C[C@@H](C)C(=O)[C@@H](C)[C@H]2N(CCc3ccc(Cl)cc3)C(=O)O[C@]12C. The number of rotatable bonds is 10. The van der Waals surface area contributed by atoms with Crippen molar-refractivity contribution in [2.45, 2.75) is 174 Å². The van der Waals surface area contributed by atoms with E-state index in [1.54, 1.807) is 72.4 Å². The molecule has 3 amide bonds. The van der Waals surface area contributed by atoms with Gasteiger partial charge in [-0.1, -0.05) is 51.4 Å². The van der Waals surface area contributed by atoms with Gasteiger partial charge in [-0.3, -0.25) is 19.4 Å². The van der Waals surface area contributed by atoms with Crippen LogP contribution in [-0.4, -0.2) is 149 Å². The van der Waals surface area contributed by atoms with Gasteiger partial charge < -0.3 is 38.3 Å². The van der Waals surface area contributed by atoms with Gasteiger partial charge in [-0.15, -0.1) is 0 Å². The van der Waals surface area contributed by atoms with Crippen LogP contribution in [0.1, 0.15) is 101 Å². The second kappa shape index (κ2) is 20.3. The number of cyclic esters (lactones) is 2. The number of carbonyl (C=O) groups excluding carboxylic acids is 5. The number of likely N-dealkylation sites (N-methyl/N-ethyl adjacent to an activating group) is 1. The third-order valence-corrected chi connectivity index (χ3v) is 14.3. The highest BCUT2D eigenvalue weighted by Gasteiger charge is 2.61. The van der Waals surface area contributed by atoms with Crippen LogP contribution in [0.2, 0.25) is 5.02 Å². The maximum Gasteiger partial charge on any atom is 0.419 e. The molecule has 4 aliphatic heterocycles. The molecule has 4 fully saturated rings. The summed E-state index contributed by atoms with van der Waals surface area (Å²) in [6.07, 6.45) is -7.58. The number of aliphatic hydroxyl groups excluding tert-OH is 1. The topological polar surface area (TPSA) is 180 Å². The van der Waals surface area contributed by atoms with Crippen LogP contribution in [0, 0.1) is 23.7 Å². The van der Waals surface area contributed by atoms with E-state index < -0.39 is 102 Å². The van der Waals surface area contributed by atoms with Crippen molar-refractivity contribution in [3.63, 3.8) is 0 Å². The van der Waals surface area contributed by atoms with E-state index >= 15 is 0 Å². The van der Waals surface area contributed by atoms with Crippen molar-refractivity contribution < 1.29 is 62.2 Å². The number of halogens is 1. The van der Waals surface area contributed by atoms with E-state index in [9.17, 15) is 29.1 Å². The highest BCUT2D eigenvalue weighted by atomic mass is 35.5. The minimum absolute atomic E-state index is 0.0436. The standard InChI is InChI=1S/C46H70ClN3O13/c1-14-34-46(11)38(49(42(54)63-46)20-19-31-15-17-32(47)18-16-31)28(7)35(51)25(4)22-45(10,57-13)39(62-41-36(52)33(21-27(6)59-41)48(12)24(2)3)29(8)37(30(9)40(53)60-34)61-44(56)50-26(5)23-58-43(50)55/h15-18,24-30,33-34,36-39,41,52H,14,19-23H2,1-13H3/t25-,26+,27-,28-,29+,30-,33+,34+,36-,37-,38-,39-,41+,45+,46-/m1/s1. The first-order valence-electron chi connectivity index (χ1n) is 22.4. The number of ether oxygens (including phenoxy) is 7. The van der Waals surface area contributed by atoms with Gasteiger partial charge in [0.2, 0.25) is 0 Å². The van der Waals surface area contributed by atoms with Gasteiger partial charge in [0.15, 0.2) is 11.9 Å². The Morgan fingerprint density at radius 1 is 1.02 bits per heavy atom. The summed E-state index contributed by atoms with van der Waals surface area (Å²) in [7, 11) is 3.41. The Kier molecular flexibility index (Phi) is 16.3. The summed E-state index contributed by atoms with van der Waals surface area (Å²) in [6, 6.07) is 5.47. The van der Waals surface area contributed by atoms with Crippen LogP contribution >= 0.6 is 11.6 Å². The molecule has 0 unspecified atom stereocenters. The molecule has 354 valence electrons. The van der Waals surface area contributed by atoms with Crippen molar-refractivity contribution in [1.29, 1.82) is 0 Å². The van der Waals surface area contributed by atoms with E-state index in [1.165, 1.54) is 7.11 Å². The molecule has 1 N–H and O–H groups in total. The summed E-state index contributed by atoms with van der Waals surface area (Å²) in [6.45, 7) is 19.8. The lowest BCUT2D eigenvalue weighted by Crippen LogP contribution is -2.61. The van der Waals surface area contributed by atoms with E-state index in [-0.39, 0.29) is 50.0 Å². The fourth-order valence-electron chi connectivity index (χ4n) is 10.2. The predicted molar refractivity (Wildman–Crippen MR) is 232 cm³/mol. The first-order chi connectivity index (χ1) is 29.5. The summed E-state index contributed by atoms with van der Waals surface area (Å²) in [4.78, 5) is 74.9. The van der Waals surface area contributed by atoms with Gasteiger partial charge in [0.1, 0.15) is 30.7 Å². The van der Waals surface area contributed by atoms with Gasteiger partial charge in [-0.2, -0.15) is 0 Å². The van der Waals surface area contributed by atoms with Crippen molar-refractivity contribution in [3.8, 4) is 0 Å². The molecule has 15 atom stereocenters. The zero-order valence-corrected chi connectivity index (χ0v) is 40.0. The fraction of sp³-hybridized carbons (Fsp3) is 0.761. The molecule has 1 aromatic rings. The van der Waals surface area contributed by atoms with Crippen LogP contribution in [0.5, 0.6) is 0 Å². The zero-order chi connectivity index (χ0) is 46.9. The molecule has 5 rings (SSSR count). The van der Waals surface area contributed by atoms with Gasteiger partial charge in [-0.25, -0.2) is 19.3 Å². The highest BCUT2D eigenvalue weighted by Crippen LogP contribution is 2.44. The monoisotopic (exact) mass is 907 g/mol. The molecule has 4 heterocycles. The van der Waals surface area contributed by atoms with E-state index in [0.717, 1.165) is 10.5 Å². The number of hydrogen-bond acceptors (Lipinski definition) is 14. The molecule has 0 saturated carbocycles. The number of benzene rings is 1. The number of ketones is 1. The summed E-state index contributed by atoms with van der Waals surface area (Å²) in [5, 5.41) is 12.5. The van der Waals surface area contributed by atoms with E-state index in [2.05, 4.69) is 4.90 Å². The maximum atomic E-state index is 15.0. The Balaban J connectivity index is 1.62. The summed E-state index contributed by atoms with van der Waals surface area (Å²) in [5.74, 6) is -4.68. The molecule has 63 heavy (non-hydrogen) atoms. The Morgan fingerprint density at radius 2 is 1.67 bits per heavy atom. The van der Waals surface area contributed by atoms with Crippen LogP contribution in [0.4, 0.5) is 14.4 Å². The molecular formula is C46H70ClN3O13. The third kappa shape index (κ3) is 10.5. The lowest BCUT2D eigenvalue weighted by atomic mass is 9.73. The Morgan fingerprint density at radius 3 is 2.24 bits per heavy atom. The summed E-state index contributed by atoms with van der Waals surface area (Å²) in [5.41, 5.74) is -1.95. The number of aliphatic hydroxyl groups is 1. The summed E-state index contributed by atoms with van der Waals surface area (Å²) < 4.78 is 43.4.